The van der Waals surface area contributed by atoms with E-state index in [0.717, 1.165) is 11.3 Å². The van der Waals surface area contributed by atoms with Gasteiger partial charge in [-0.2, -0.15) is 0 Å². The minimum absolute atomic E-state index is 0.199. The highest BCUT2D eigenvalue weighted by molar-refractivity contribution is 6.68. The topological polar surface area (TPSA) is 41.1 Å². The van der Waals surface area contributed by atoms with E-state index < -0.39 is 15.4 Å². The molecule has 1 aromatic rings. The summed E-state index contributed by atoms with van der Waals surface area (Å²) in [5.41, 5.74) is 1.23. The number of nitrogens with one attached hydrogen (secondary N) is 2. The van der Waals surface area contributed by atoms with E-state index in [1.807, 2.05) is 31.2 Å². The number of para-hydroxylation sites is 1. The van der Waals surface area contributed by atoms with E-state index in [0.29, 0.717) is 0 Å². The molecule has 1 atom stereocenters. The Bertz CT molecular complexity index is 478. The molecule has 1 rings (SSSR count). The molecule has 0 aliphatic carbocycles. The minimum Gasteiger partial charge on any atom is -0.362 e. The van der Waals surface area contributed by atoms with E-state index in [1.54, 1.807) is 20.8 Å². The van der Waals surface area contributed by atoms with E-state index in [-0.39, 0.29) is 5.91 Å². The van der Waals surface area contributed by atoms with Gasteiger partial charge in [-0.1, -0.05) is 73.8 Å². The van der Waals surface area contributed by atoms with Crippen LogP contribution in [-0.4, -0.2) is 15.9 Å². The third kappa shape index (κ3) is 5.04. The number of alkyl halides is 3. The molecule has 0 saturated heterocycles. The Morgan fingerprint density at radius 2 is 1.70 bits per heavy atom. The average Bonchev–Trinajstić information content (AvgIpc) is 2.28. The number of halogens is 3. The Labute approximate surface area is 135 Å². The molecule has 0 aromatic heterocycles. The summed E-state index contributed by atoms with van der Waals surface area (Å²) in [6.07, 6.45) is -0.819. The number of carbonyl (C=O) groups is 1. The van der Waals surface area contributed by atoms with Crippen molar-refractivity contribution in [2.45, 2.75) is 37.7 Å². The van der Waals surface area contributed by atoms with Crippen LogP contribution in [0.4, 0.5) is 5.69 Å². The van der Waals surface area contributed by atoms with Gasteiger partial charge in [0.05, 0.1) is 0 Å². The second-order valence-electron chi connectivity index (χ2n) is 5.66. The first-order valence-electron chi connectivity index (χ1n) is 6.21. The summed E-state index contributed by atoms with van der Waals surface area (Å²) in [6, 6.07) is 7.58. The van der Waals surface area contributed by atoms with Gasteiger partial charge in [-0.3, -0.25) is 4.79 Å². The summed E-state index contributed by atoms with van der Waals surface area (Å²) < 4.78 is -1.66. The van der Waals surface area contributed by atoms with E-state index in [9.17, 15) is 4.79 Å². The largest absolute Gasteiger partial charge is 0.362 e. The van der Waals surface area contributed by atoms with E-state index in [2.05, 4.69) is 10.6 Å². The highest BCUT2D eigenvalue weighted by atomic mass is 35.6. The van der Waals surface area contributed by atoms with Crippen LogP contribution < -0.4 is 10.6 Å². The lowest BCUT2D eigenvalue weighted by atomic mass is 9.95. The van der Waals surface area contributed by atoms with Gasteiger partial charge >= 0.3 is 0 Å². The number of amides is 1. The number of benzene rings is 1. The average molecular weight is 338 g/mol. The lowest BCUT2D eigenvalue weighted by Gasteiger charge is -2.30. The molecule has 0 aliphatic rings. The van der Waals surface area contributed by atoms with Gasteiger partial charge in [0, 0.05) is 11.1 Å². The van der Waals surface area contributed by atoms with Crippen LogP contribution in [0.15, 0.2) is 24.3 Å². The van der Waals surface area contributed by atoms with Gasteiger partial charge in [-0.05, 0) is 18.6 Å². The first-order valence-corrected chi connectivity index (χ1v) is 7.35. The molecule has 0 fully saturated rings. The summed E-state index contributed by atoms with van der Waals surface area (Å²) in [4.78, 5) is 12.1. The summed E-state index contributed by atoms with van der Waals surface area (Å²) in [6.45, 7) is 7.33. The molecule has 1 amide bonds. The van der Waals surface area contributed by atoms with Gasteiger partial charge in [0.1, 0.15) is 6.17 Å². The van der Waals surface area contributed by atoms with Gasteiger partial charge in [0.15, 0.2) is 0 Å². The van der Waals surface area contributed by atoms with Gasteiger partial charge in [0.25, 0.3) is 0 Å². The first kappa shape index (κ1) is 17.4. The van der Waals surface area contributed by atoms with Crippen molar-refractivity contribution in [2.24, 2.45) is 5.41 Å². The smallest absolute Gasteiger partial charge is 0.228 e. The second-order valence-corrected chi connectivity index (χ2v) is 8.03. The maximum atomic E-state index is 12.1. The van der Waals surface area contributed by atoms with Crippen LogP contribution in [0.3, 0.4) is 0 Å². The fourth-order valence-corrected chi connectivity index (χ4v) is 1.77. The van der Waals surface area contributed by atoms with E-state index in [1.165, 1.54) is 0 Å². The number of aryl methyl sites for hydroxylation is 1. The Morgan fingerprint density at radius 1 is 1.15 bits per heavy atom. The zero-order valence-electron chi connectivity index (χ0n) is 11.9. The molecule has 3 nitrogen and oxygen atoms in total. The maximum absolute atomic E-state index is 12.1. The molecule has 6 heteroatoms. The zero-order chi connectivity index (χ0) is 15.6. The summed E-state index contributed by atoms with van der Waals surface area (Å²) in [5.74, 6) is -0.199. The number of rotatable bonds is 3. The van der Waals surface area contributed by atoms with Crippen molar-refractivity contribution >= 4 is 46.4 Å². The lowest BCUT2D eigenvalue weighted by Crippen LogP contribution is -2.52. The third-order valence-electron chi connectivity index (χ3n) is 2.73. The summed E-state index contributed by atoms with van der Waals surface area (Å²) in [5, 5.41) is 5.79. The van der Waals surface area contributed by atoms with Crippen LogP contribution in [0.5, 0.6) is 0 Å². The van der Waals surface area contributed by atoms with Crippen LogP contribution >= 0.6 is 34.8 Å². The molecule has 1 aromatic carbocycles. The fraction of sp³-hybridized carbons (Fsp3) is 0.500. The quantitative estimate of drug-likeness (QED) is 0.639. The minimum atomic E-state index is -1.66. The molecule has 0 bridgehead atoms. The summed E-state index contributed by atoms with van der Waals surface area (Å²) >= 11 is 17.8. The molecule has 112 valence electrons. The van der Waals surface area contributed by atoms with Gasteiger partial charge in [0.2, 0.25) is 9.70 Å². The van der Waals surface area contributed by atoms with Crippen molar-refractivity contribution < 1.29 is 4.79 Å². The molecule has 1 unspecified atom stereocenters. The van der Waals surface area contributed by atoms with Crippen LogP contribution in [0, 0.1) is 12.3 Å². The monoisotopic (exact) mass is 336 g/mol. The Balaban J connectivity index is 2.93. The normalized spacial score (nSPS) is 13.8. The van der Waals surface area contributed by atoms with Crippen molar-refractivity contribution in [3.8, 4) is 0 Å². The molecule has 2 N–H and O–H groups in total. The first-order chi connectivity index (χ1) is 9.01. The fourth-order valence-electron chi connectivity index (χ4n) is 1.44. The molecule has 0 radical (unpaired) electrons. The van der Waals surface area contributed by atoms with Crippen LogP contribution in [0.2, 0.25) is 0 Å². The predicted molar refractivity (Wildman–Crippen MR) is 86.5 cm³/mol. The molecule has 0 spiro atoms. The Hall–Kier alpha value is -0.640. The van der Waals surface area contributed by atoms with E-state index in [4.69, 9.17) is 34.8 Å². The molecular formula is C14H19Cl3N2O. The van der Waals surface area contributed by atoms with Crippen molar-refractivity contribution in [2.75, 3.05) is 5.32 Å². The maximum Gasteiger partial charge on any atom is 0.228 e. The van der Waals surface area contributed by atoms with Crippen molar-refractivity contribution in [1.29, 1.82) is 0 Å². The number of carbonyl (C=O) groups excluding carboxylic acids is 1. The molecule has 0 heterocycles. The Kier molecular flexibility index (Phi) is 5.59. The SMILES string of the molecule is Cc1ccccc1NC(NC(=O)C(C)(C)C)C(Cl)(Cl)Cl. The third-order valence-corrected chi connectivity index (χ3v) is 3.38. The molecule has 0 aliphatic heterocycles. The van der Waals surface area contributed by atoms with E-state index >= 15 is 0 Å². The number of anilines is 1. The van der Waals surface area contributed by atoms with Gasteiger partial charge in [-0.15, -0.1) is 0 Å². The lowest BCUT2D eigenvalue weighted by molar-refractivity contribution is -0.129. The van der Waals surface area contributed by atoms with Gasteiger partial charge < -0.3 is 10.6 Å². The molecule has 20 heavy (non-hydrogen) atoms. The second kappa shape index (κ2) is 6.42. The molecular weight excluding hydrogens is 319 g/mol. The van der Waals surface area contributed by atoms with Crippen LogP contribution in [0.25, 0.3) is 0 Å². The highest BCUT2D eigenvalue weighted by Crippen LogP contribution is 2.32. The van der Waals surface area contributed by atoms with Crippen LogP contribution in [-0.2, 0) is 4.79 Å². The predicted octanol–water partition coefficient (Wildman–Crippen LogP) is 4.27. The highest BCUT2D eigenvalue weighted by Gasteiger charge is 2.36. The number of hydrogen-bond donors (Lipinski definition) is 2. The summed E-state index contributed by atoms with van der Waals surface area (Å²) in [7, 11) is 0. The zero-order valence-corrected chi connectivity index (χ0v) is 14.2. The van der Waals surface area contributed by atoms with Crippen molar-refractivity contribution in [1.82, 2.24) is 5.32 Å². The number of hydrogen-bond acceptors (Lipinski definition) is 2. The standard InChI is InChI=1S/C14H19Cl3N2O/c1-9-7-5-6-8-10(9)18-11(14(15,16)17)19-12(20)13(2,3)4/h5-8,11,18H,1-4H3,(H,19,20). The van der Waals surface area contributed by atoms with Crippen molar-refractivity contribution in [3.05, 3.63) is 29.8 Å². The van der Waals surface area contributed by atoms with Crippen molar-refractivity contribution in [3.63, 3.8) is 0 Å². The van der Waals surface area contributed by atoms with Gasteiger partial charge in [-0.25, -0.2) is 0 Å². The Morgan fingerprint density at radius 3 is 2.15 bits per heavy atom. The van der Waals surface area contributed by atoms with Crippen LogP contribution in [0.1, 0.15) is 26.3 Å². The molecule has 0 saturated carbocycles.